The molecular formula is C20H23N3O4. The zero-order chi connectivity index (χ0) is 18.6. The van der Waals surface area contributed by atoms with Gasteiger partial charge in [-0.1, -0.05) is 11.2 Å². The van der Waals surface area contributed by atoms with E-state index in [-0.39, 0.29) is 23.7 Å². The Bertz CT molecular complexity index is 840. The number of aromatic nitrogens is 1. The molecule has 0 unspecified atom stereocenters. The second-order valence-electron chi connectivity index (χ2n) is 7.03. The topological polar surface area (TPSA) is 93.5 Å². The van der Waals surface area contributed by atoms with Crippen molar-refractivity contribution in [3.05, 3.63) is 46.8 Å². The Labute approximate surface area is 157 Å². The van der Waals surface area contributed by atoms with Gasteiger partial charge in [0.25, 0.3) is 5.91 Å². The minimum Gasteiger partial charge on any atom is -0.459 e. The number of piperidine rings is 1. The van der Waals surface area contributed by atoms with Crippen molar-refractivity contribution in [3.8, 4) is 0 Å². The lowest BCUT2D eigenvalue weighted by Gasteiger charge is -2.22. The maximum Gasteiger partial charge on any atom is 0.338 e. The van der Waals surface area contributed by atoms with Gasteiger partial charge in [0.15, 0.2) is 0 Å². The summed E-state index contributed by atoms with van der Waals surface area (Å²) >= 11 is 0. The van der Waals surface area contributed by atoms with Gasteiger partial charge >= 0.3 is 5.97 Å². The van der Waals surface area contributed by atoms with E-state index in [1.807, 2.05) is 0 Å². The summed E-state index contributed by atoms with van der Waals surface area (Å²) < 4.78 is 10.8. The summed E-state index contributed by atoms with van der Waals surface area (Å²) in [6, 6.07) is 6.78. The molecule has 0 saturated carbocycles. The zero-order valence-corrected chi connectivity index (χ0v) is 15.1. The fraction of sp³-hybridized carbons (Fsp3) is 0.450. The number of anilines is 1. The summed E-state index contributed by atoms with van der Waals surface area (Å²) in [4.78, 5) is 25.0. The molecule has 1 aliphatic carbocycles. The van der Waals surface area contributed by atoms with E-state index in [0.29, 0.717) is 11.3 Å². The van der Waals surface area contributed by atoms with Gasteiger partial charge in [-0.15, -0.1) is 0 Å². The number of nitrogens with one attached hydrogen (secondary N) is 2. The van der Waals surface area contributed by atoms with Crippen LogP contribution in [0.1, 0.15) is 57.9 Å². The molecule has 1 saturated heterocycles. The molecule has 0 radical (unpaired) electrons. The normalized spacial score (nSPS) is 17.2. The van der Waals surface area contributed by atoms with Crippen LogP contribution >= 0.6 is 0 Å². The molecule has 0 spiro atoms. The van der Waals surface area contributed by atoms with Crippen LogP contribution in [0.25, 0.3) is 0 Å². The van der Waals surface area contributed by atoms with Crippen molar-refractivity contribution in [2.75, 3.05) is 18.4 Å². The Morgan fingerprint density at radius 3 is 2.85 bits per heavy atom. The van der Waals surface area contributed by atoms with Crippen LogP contribution in [-0.4, -0.2) is 36.2 Å². The van der Waals surface area contributed by atoms with Crippen LogP contribution in [0.3, 0.4) is 0 Å². The lowest BCUT2D eigenvalue weighted by atomic mass is 9.96. The Morgan fingerprint density at radius 2 is 2.00 bits per heavy atom. The van der Waals surface area contributed by atoms with E-state index in [1.54, 1.807) is 24.3 Å². The molecule has 1 fully saturated rings. The third-order valence-electron chi connectivity index (χ3n) is 5.08. The number of carbonyl (C=O) groups is 2. The number of amides is 1. The molecule has 0 atom stereocenters. The molecule has 142 valence electrons. The highest BCUT2D eigenvalue weighted by Gasteiger charge is 2.24. The quantitative estimate of drug-likeness (QED) is 0.805. The largest absolute Gasteiger partial charge is 0.459 e. The summed E-state index contributed by atoms with van der Waals surface area (Å²) in [6.45, 7) is 1.71. The minimum absolute atomic E-state index is 0.0577. The first kappa shape index (κ1) is 17.7. The third kappa shape index (κ3) is 4.03. The van der Waals surface area contributed by atoms with Crippen molar-refractivity contribution in [1.29, 1.82) is 0 Å². The molecule has 2 heterocycles. The number of fused-ring (bicyclic) bond motifs is 1. The molecule has 27 heavy (non-hydrogen) atoms. The SMILES string of the molecule is O=C(OC1CCNCC1)c1cccc(NC(=O)c2onc3c2CCCC3)c1. The molecule has 7 nitrogen and oxygen atoms in total. The van der Waals surface area contributed by atoms with E-state index in [0.717, 1.165) is 62.9 Å². The van der Waals surface area contributed by atoms with Crippen LogP contribution < -0.4 is 10.6 Å². The van der Waals surface area contributed by atoms with E-state index < -0.39 is 0 Å². The monoisotopic (exact) mass is 369 g/mol. The second-order valence-corrected chi connectivity index (χ2v) is 7.03. The number of benzene rings is 1. The number of esters is 1. The zero-order valence-electron chi connectivity index (χ0n) is 15.1. The molecule has 4 rings (SSSR count). The molecule has 0 bridgehead atoms. The minimum atomic E-state index is -0.366. The number of hydrogen-bond acceptors (Lipinski definition) is 6. The molecule has 2 N–H and O–H groups in total. The van der Waals surface area contributed by atoms with E-state index >= 15 is 0 Å². The highest BCUT2D eigenvalue weighted by molar-refractivity contribution is 6.04. The molecular weight excluding hydrogens is 346 g/mol. The van der Waals surface area contributed by atoms with Crippen LogP contribution in [0.5, 0.6) is 0 Å². The van der Waals surface area contributed by atoms with Crippen LogP contribution in [0.2, 0.25) is 0 Å². The van der Waals surface area contributed by atoms with Gasteiger partial charge in [-0.05, 0) is 69.8 Å². The van der Waals surface area contributed by atoms with Crippen molar-refractivity contribution in [2.24, 2.45) is 0 Å². The molecule has 2 aliphatic rings. The van der Waals surface area contributed by atoms with Crippen molar-refractivity contribution in [1.82, 2.24) is 10.5 Å². The van der Waals surface area contributed by atoms with E-state index in [4.69, 9.17) is 9.26 Å². The highest BCUT2D eigenvalue weighted by Crippen LogP contribution is 2.25. The number of aryl methyl sites for hydroxylation is 1. The fourth-order valence-electron chi connectivity index (χ4n) is 3.61. The summed E-state index contributed by atoms with van der Waals surface area (Å²) in [7, 11) is 0. The molecule has 1 amide bonds. The lowest BCUT2D eigenvalue weighted by molar-refractivity contribution is 0.0229. The van der Waals surface area contributed by atoms with Crippen LogP contribution in [0, 0.1) is 0 Å². The molecule has 2 aromatic rings. The molecule has 1 aromatic carbocycles. The van der Waals surface area contributed by atoms with E-state index in [2.05, 4.69) is 15.8 Å². The predicted octanol–water partition coefficient (Wildman–Crippen LogP) is 2.71. The van der Waals surface area contributed by atoms with E-state index in [1.165, 1.54) is 0 Å². The van der Waals surface area contributed by atoms with Crippen LogP contribution in [0.15, 0.2) is 28.8 Å². The average Bonchev–Trinajstić information content (AvgIpc) is 3.13. The standard InChI is InChI=1S/C20H23N3O4/c24-19(18-16-6-1-2-7-17(16)23-27-18)22-14-5-3-4-13(12-14)20(25)26-15-8-10-21-11-9-15/h3-5,12,15,21H,1-2,6-11H2,(H,22,24). The van der Waals surface area contributed by atoms with Gasteiger partial charge in [0.1, 0.15) is 6.10 Å². The fourth-order valence-corrected chi connectivity index (χ4v) is 3.61. The first-order chi connectivity index (χ1) is 13.2. The van der Waals surface area contributed by atoms with Gasteiger partial charge < -0.3 is 19.9 Å². The van der Waals surface area contributed by atoms with Crippen molar-refractivity contribution >= 4 is 17.6 Å². The number of hydrogen-bond donors (Lipinski definition) is 2. The molecule has 7 heteroatoms. The summed E-state index contributed by atoms with van der Waals surface area (Å²) in [6.07, 6.45) is 5.35. The number of rotatable bonds is 4. The number of carbonyl (C=O) groups excluding carboxylic acids is 2. The molecule has 1 aliphatic heterocycles. The van der Waals surface area contributed by atoms with Gasteiger partial charge in [-0.25, -0.2) is 4.79 Å². The van der Waals surface area contributed by atoms with Gasteiger partial charge in [-0.2, -0.15) is 0 Å². The first-order valence-electron chi connectivity index (χ1n) is 9.51. The third-order valence-corrected chi connectivity index (χ3v) is 5.08. The van der Waals surface area contributed by atoms with Gasteiger partial charge in [-0.3, -0.25) is 4.79 Å². The Morgan fingerprint density at radius 1 is 1.19 bits per heavy atom. The van der Waals surface area contributed by atoms with Crippen molar-refractivity contribution in [2.45, 2.75) is 44.6 Å². The lowest BCUT2D eigenvalue weighted by Crippen LogP contribution is -2.33. The van der Waals surface area contributed by atoms with E-state index in [9.17, 15) is 9.59 Å². The average molecular weight is 369 g/mol. The highest BCUT2D eigenvalue weighted by atomic mass is 16.5. The van der Waals surface area contributed by atoms with Crippen molar-refractivity contribution in [3.63, 3.8) is 0 Å². The Balaban J connectivity index is 1.43. The maximum absolute atomic E-state index is 12.6. The first-order valence-corrected chi connectivity index (χ1v) is 9.51. The summed E-state index contributed by atoms with van der Waals surface area (Å²) in [5, 5.41) is 10.1. The number of ether oxygens (including phenoxy) is 1. The maximum atomic E-state index is 12.6. The number of nitrogens with zero attached hydrogens (tertiary/aromatic N) is 1. The van der Waals surface area contributed by atoms with Gasteiger partial charge in [0.05, 0.1) is 11.3 Å². The van der Waals surface area contributed by atoms with Crippen LogP contribution in [-0.2, 0) is 17.6 Å². The predicted molar refractivity (Wildman–Crippen MR) is 98.8 cm³/mol. The summed E-state index contributed by atoms with van der Waals surface area (Å²) in [5.74, 6) is -0.433. The Hall–Kier alpha value is -2.67. The summed E-state index contributed by atoms with van der Waals surface area (Å²) in [5.41, 5.74) is 2.73. The van der Waals surface area contributed by atoms with Crippen LogP contribution in [0.4, 0.5) is 5.69 Å². The second kappa shape index (κ2) is 7.92. The van der Waals surface area contributed by atoms with Gasteiger partial charge in [0.2, 0.25) is 5.76 Å². The molecule has 1 aromatic heterocycles. The van der Waals surface area contributed by atoms with Crippen molar-refractivity contribution < 1.29 is 18.8 Å². The van der Waals surface area contributed by atoms with Gasteiger partial charge in [0, 0.05) is 11.3 Å². The Kier molecular flexibility index (Phi) is 5.20. The smallest absolute Gasteiger partial charge is 0.338 e.